The molecule has 1 amide bonds. The van der Waals surface area contributed by atoms with Crippen LogP contribution < -0.4 is 5.32 Å². The highest BCUT2D eigenvalue weighted by Crippen LogP contribution is 2.26. The summed E-state index contributed by atoms with van der Waals surface area (Å²) in [6.07, 6.45) is 0.513. The highest BCUT2D eigenvalue weighted by atomic mass is 32.1. The van der Waals surface area contributed by atoms with Gasteiger partial charge in [-0.3, -0.25) is 4.79 Å². The predicted molar refractivity (Wildman–Crippen MR) is 102 cm³/mol. The lowest BCUT2D eigenvalue weighted by Gasteiger charge is -2.18. The van der Waals surface area contributed by atoms with Gasteiger partial charge in [0.05, 0.1) is 11.7 Å². The minimum Gasteiger partial charge on any atom is -0.452 e. The topological polar surface area (TPSA) is 81.4 Å². The number of aryl methyl sites for hydroxylation is 2. The van der Waals surface area contributed by atoms with Gasteiger partial charge in [-0.05, 0) is 42.5 Å². The molecule has 0 aliphatic heterocycles. The quantitative estimate of drug-likeness (QED) is 0.608. The smallest absolute Gasteiger partial charge is 0.344 e. The Morgan fingerprint density at radius 1 is 1.29 bits per heavy atom. The molecule has 2 heterocycles. The molecule has 28 heavy (non-hydrogen) atoms. The number of halogens is 1. The van der Waals surface area contributed by atoms with Crippen molar-refractivity contribution in [3.8, 4) is 0 Å². The summed E-state index contributed by atoms with van der Waals surface area (Å²) in [5.41, 5.74) is 1.47. The largest absolute Gasteiger partial charge is 0.452 e. The van der Waals surface area contributed by atoms with Crippen molar-refractivity contribution in [2.24, 2.45) is 0 Å². The molecule has 6 nitrogen and oxygen atoms in total. The zero-order valence-electron chi connectivity index (χ0n) is 15.4. The molecule has 2 aromatic heterocycles. The second-order valence-electron chi connectivity index (χ2n) is 6.06. The number of ether oxygens (including phenoxy) is 1. The summed E-state index contributed by atoms with van der Waals surface area (Å²) in [5, 5.41) is 8.53. The van der Waals surface area contributed by atoms with Crippen LogP contribution in [0.4, 0.5) is 4.39 Å². The number of thiophene rings is 1. The summed E-state index contributed by atoms with van der Waals surface area (Å²) in [7, 11) is 0. The minimum absolute atomic E-state index is 0.253. The van der Waals surface area contributed by atoms with Crippen LogP contribution in [0.25, 0.3) is 0 Å². The maximum Gasteiger partial charge on any atom is 0.344 e. The molecule has 0 saturated heterocycles. The number of aromatic nitrogens is 1. The molecule has 0 radical (unpaired) electrons. The summed E-state index contributed by atoms with van der Waals surface area (Å²) in [5.74, 6) is -1.13. The maximum absolute atomic E-state index is 13.2. The predicted octanol–water partition coefficient (Wildman–Crippen LogP) is 3.81. The third kappa shape index (κ3) is 4.45. The number of rotatable bonds is 7. The molecule has 1 aromatic carbocycles. The fraction of sp³-hybridized carbons (Fsp3) is 0.250. The fourth-order valence-electron chi connectivity index (χ4n) is 2.76. The van der Waals surface area contributed by atoms with Crippen molar-refractivity contribution >= 4 is 23.2 Å². The monoisotopic (exact) mass is 402 g/mol. The minimum atomic E-state index is -0.653. The average Bonchev–Trinajstić information content (AvgIpc) is 3.34. The lowest BCUT2D eigenvalue weighted by Crippen LogP contribution is -2.32. The molecule has 0 aliphatic rings. The normalized spacial score (nSPS) is 11.8. The standard InChI is InChI=1S/C20H19FN2O4S/c1-3-15-18(12(2)27-23-15)20(25)26-11-17(24)22-19(16-5-4-10-28-16)13-6-8-14(21)9-7-13/h4-10,19H,3,11H2,1-2H3,(H,22,24)/t19-/m1/s1. The van der Waals surface area contributed by atoms with E-state index < -0.39 is 24.5 Å². The number of nitrogens with zero attached hydrogens (tertiary/aromatic N) is 1. The molecule has 0 aliphatic carbocycles. The lowest BCUT2D eigenvalue weighted by molar-refractivity contribution is -0.124. The Kier molecular flexibility index (Phi) is 6.20. The Labute approximate surface area is 165 Å². The summed E-state index contributed by atoms with van der Waals surface area (Å²) in [4.78, 5) is 25.6. The van der Waals surface area contributed by atoms with Crippen LogP contribution in [-0.2, 0) is 16.0 Å². The molecule has 146 valence electrons. The summed E-state index contributed by atoms with van der Waals surface area (Å²) >= 11 is 1.46. The maximum atomic E-state index is 13.2. The van der Waals surface area contributed by atoms with E-state index >= 15 is 0 Å². The number of hydrogen-bond donors (Lipinski definition) is 1. The average molecular weight is 402 g/mol. The lowest BCUT2D eigenvalue weighted by atomic mass is 10.1. The number of esters is 1. The van der Waals surface area contributed by atoms with Crippen LogP contribution in [0.15, 0.2) is 46.3 Å². The van der Waals surface area contributed by atoms with Gasteiger partial charge in [0, 0.05) is 4.88 Å². The second-order valence-corrected chi connectivity index (χ2v) is 7.04. The van der Waals surface area contributed by atoms with Crippen molar-refractivity contribution in [3.63, 3.8) is 0 Å². The van der Waals surface area contributed by atoms with E-state index in [1.54, 1.807) is 19.1 Å². The van der Waals surface area contributed by atoms with E-state index in [4.69, 9.17) is 9.26 Å². The molecule has 0 spiro atoms. The Morgan fingerprint density at radius 3 is 2.68 bits per heavy atom. The molecular weight excluding hydrogens is 383 g/mol. The van der Waals surface area contributed by atoms with E-state index in [9.17, 15) is 14.0 Å². The van der Waals surface area contributed by atoms with Gasteiger partial charge >= 0.3 is 5.97 Å². The van der Waals surface area contributed by atoms with E-state index in [2.05, 4.69) is 10.5 Å². The van der Waals surface area contributed by atoms with Crippen molar-refractivity contribution in [1.29, 1.82) is 0 Å². The van der Waals surface area contributed by atoms with E-state index in [1.807, 2.05) is 24.4 Å². The van der Waals surface area contributed by atoms with Gasteiger partial charge in [-0.15, -0.1) is 11.3 Å². The third-order valence-corrected chi connectivity index (χ3v) is 5.08. The van der Waals surface area contributed by atoms with Gasteiger partial charge in [0.2, 0.25) is 0 Å². The Bertz CT molecular complexity index is 951. The molecule has 8 heteroatoms. The van der Waals surface area contributed by atoms with Crippen LogP contribution in [0, 0.1) is 12.7 Å². The number of benzene rings is 1. The third-order valence-electron chi connectivity index (χ3n) is 4.14. The molecule has 3 rings (SSSR count). The zero-order chi connectivity index (χ0) is 20.1. The van der Waals surface area contributed by atoms with Gasteiger partial charge in [-0.2, -0.15) is 0 Å². The van der Waals surface area contributed by atoms with Crippen LogP contribution in [0.2, 0.25) is 0 Å². The molecule has 0 fully saturated rings. The molecule has 0 bridgehead atoms. The van der Waals surface area contributed by atoms with Gasteiger partial charge in [0.1, 0.15) is 17.1 Å². The van der Waals surface area contributed by atoms with Crippen LogP contribution >= 0.6 is 11.3 Å². The summed E-state index contributed by atoms with van der Waals surface area (Å²) in [6, 6.07) is 9.17. The summed E-state index contributed by atoms with van der Waals surface area (Å²) < 4.78 is 23.4. The van der Waals surface area contributed by atoms with Crippen LogP contribution in [-0.4, -0.2) is 23.6 Å². The highest BCUT2D eigenvalue weighted by Gasteiger charge is 2.23. The Balaban J connectivity index is 1.68. The van der Waals surface area contributed by atoms with E-state index in [0.29, 0.717) is 17.9 Å². The zero-order valence-corrected chi connectivity index (χ0v) is 16.2. The molecule has 1 N–H and O–H groups in total. The molecule has 0 saturated carbocycles. The molecular formula is C20H19FN2O4S. The van der Waals surface area contributed by atoms with Gasteiger partial charge < -0.3 is 14.6 Å². The van der Waals surface area contributed by atoms with E-state index in [0.717, 1.165) is 10.4 Å². The Hall–Kier alpha value is -3.00. The Morgan fingerprint density at radius 2 is 2.04 bits per heavy atom. The number of carbonyl (C=O) groups excluding carboxylic acids is 2. The van der Waals surface area contributed by atoms with E-state index in [-0.39, 0.29) is 11.4 Å². The van der Waals surface area contributed by atoms with Crippen molar-refractivity contribution in [3.05, 3.63) is 75.1 Å². The van der Waals surface area contributed by atoms with Crippen LogP contribution in [0.3, 0.4) is 0 Å². The summed E-state index contributed by atoms with van der Waals surface area (Å²) in [6.45, 7) is 3.01. The van der Waals surface area contributed by atoms with Gasteiger partial charge in [-0.25, -0.2) is 9.18 Å². The number of nitrogens with one attached hydrogen (secondary N) is 1. The van der Waals surface area contributed by atoms with Gasteiger partial charge in [0.15, 0.2) is 6.61 Å². The van der Waals surface area contributed by atoms with Gasteiger partial charge in [-0.1, -0.05) is 30.3 Å². The SMILES string of the molecule is CCc1noc(C)c1C(=O)OCC(=O)N[C@H](c1ccc(F)cc1)c1cccs1. The van der Waals surface area contributed by atoms with E-state index in [1.165, 1.54) is 23.5 Å². The molecule has 1 atom stereocenters. The number of hydrogen-bond acceptors (Lipinski definition) is 6. The second kappa shape index (κ2) is 8.79. The van der Waals surface area contributed by atoms with Crippen LogP contribution in [0.1, 0.15) is 45.2 Å². The highest BCUT2D eigenvalue weighted by molar-refractivity contribution is 7.10. The van der Waals surface area contributed by atoms with Crippen LogP contribution in [0.5, 0.6) is 0 Å². The first-order chi connectivity index (χ1) is 13.5. The molecule has 3 aromatic rings. The first-order valence-corrected chi connectivity index (χ1v) is 9.58. The fourth-order valence-corrected chi connectivity index (χ4v) is 3.56. The number of carbonyl (C=O) groups is 2. The van der Waals surface area contributed by atoms with Gasteiger partial charge in [0.25, 0.3) is 5.91 Å². The van der Waals surface area contributed by atoms with Crippen molar-refractivity contribution in [2.45, 2.75) is 26.3 Å². The van der Waals surface area contributed by atoms with Crippen molar-refractivity contribution in [1.82, 2.24) is 10.5 Å². The first-order valence-electron chi connectivity index (χ1n) is 8.70. The number of amides is 1. The van der Waals surface area contributed by atoms with Crippen molar-refractivity contribution < 1.29 is 23.2 Å². The first kappa shape index (κ1) is 19.8. The van der Waals surface area contributed by atoms with Crippen molar-refractivity contribution in [2.75, 3.05) is 6.61 Å². The molecule has 0 unspecified atom stereocenters.